The van der Waals surface area contributed by atoms with Crippen molar-refractivity contribution in [1.29, 1.82) is 0 Å². The highest BCUT2D eigenvalue weighted by Crippen LogP contribution is 2.54. The third kappa shape index (κ3) is 5.74. The van der Waals surface area contributed by atoms with E-state index in [0.717, 1.165) is 0 Å². The van der Waals surface area contributed by atoms with Crippen molar-refractivity contribution in [2.45, 2.75) is 38.5 Å². The first kappa shape index (κ1) is 36.1. The molecule has 0 N–H and O–H groups in total. The Kier molecular flexibility index (Phi) is 8.29. The van der Waals surface area contributed by atoms with Crippen LogP contribution in [0.2, 0.25) is 0 Å². The first-order valence-corrected chi connectivity index (χ1v) is 21.2. The minimum absolute atomic E-state index is 0.141. The van der Waals surface area contributed by atoms with E-state index in [9.17, 15) is 0 Å². The van der Waals surface area contributed by atoms with Crippen molar-refractivity contribution in [2.24, 2.45) is 0 Å². The molecule has 9 aromatic carbocycles. The van der Waals surface area contributed by atoms with E-state index in [-0.39, 0.29) is 10.8 Å². The van der Waals surface area contributed by atoms with Crippen LogP contribution >= 0.6 is 0 Å². The van der Waals surface area contributed by atoms with E-state index in [1.54, 1.807) is 0 Å². The molecule has 0 saturated carbocycles. The minimum atomic E-state index is -0.167. The molecular formula is C60H46. The summed E-state index contributed by atoms with van der Waals surface area (Å²) in [6, 6.07) is 76.6. The van der Waals surface area contributed by atoms with Crippen LogP contribution in [-0.4, -0.2) is 0 Å². The topological polar surface area (TPSA) is 0 Å². The summed E-state index contributed by atoms with van der Waals surface area (Å²) in [4.78, 5) is 0. The standard InChI is InChI=1S/C60H46/c1-59(2)55-35-43(25-30-50(55)52-32-27-45(37-57(52)59)48-23-15-14-22-47(48)40-18-10-6-11-19-40)44-26-31-51-53-33-28-46(38-58(53)60(3,4)56(51)36-44)54-34-42(39-16-8-5-9-17-39)24-29-49(54)41-20-12-7-13-21-41/h5-38H,1-4H3. The molecule has 11 rings (SSSR count). The molecule has 0 amide bonds. The number of hydrogen-bond donors (Lipinski definition) is 0. The lowest BCUT2D eigenvalue weighted by Gasteiger charge is -2.24. The fourth-order valence-corrected chi connectivity index (χ4v) is 10.2. The molecule has 0 bridgehead atoms. The predicted molar refractivity (Wildman–Crippen MR) is 254 cm³/mol. The van der Waals surface area contributed by atoms with Gasteiger partial charge in [-0.15, -0.1) is 0 Å². The molecule has 0 atom stereocenters. The van der Waals surface area contributed by atoms with Crippen molar-refractivity contribution in [1.82, 2.24) is 0 Å². The Labute approximate surface area is 354 Å². The Bertz CT molecular complexity index is 3110. The molecule has 0 aromatic heterocycles. The van der Waals surface area contributed by atoms with Crippen LogP contribution in [0.25, 0.3) is 89.0 Å². The molecule has 0 fully saturated rings. The molecule has 0 nitrogen and oxygen atoms in total. The van der Waals surface area contributed by atoms with E-state index in [2.05, 4.69) is 234 Å². The first-order chi connectivity index (χ1) is 29.3. The Morgan fingerprint density at radius 2 is 0.483 bits per heavy atom. The monoisotopic (exact) mass is 766 g/mol. The van der Waals surface area contributed by atoms with Gasteiger partial charge in [0.05, 0.1) is 0 Å². The molecule has 0 unspecified atom stereocenters. The Morgan fingerprint density at radius 3 is 0.917 bits per heavy atom. The van der Waals surface area contributed by atoms with E-state index < -0.39 is 0 Å². The zero-order valence-corrected chi connectivity index (χ0v) is 34.6. The molecule has 0 heterocycles. The van der Waals surface area contributed by atoms with Crippen molar-refractivity contribution in [2.75, 3.05) is 0 Å². The van der Waals surface area contributed by atoms with Crippen molar-refractivity contribution in [3.05, 3.63) is 229 Å². The lowest BCUT2D eigenvalue weighted by Crippen LogP contribution is -2.15. The van der Waals surface area contributed by atoms with Crippen LogP contribution < -0.4 is 0 Å². The van der Waals surface area contributed by atoms with Crippen LogP contribution in [0.5, 0.6) is 0 Å². The van der Waals surface area contributed by atoms with Gasteiger partial charge in [0.1, 0.15) is 0 Å². The molecule has 0 saturated heterocycles. The summed E-state index contributed by atoms with van der Waals surface area (Å²) in [6.45, 7) is 9.60. The van der Waals surface area contributed by atoms with Gasteiger partial charge in [0.15, 0.2) is 0 Å². The van der Waals surface area contributed by atoms with Crippen LogP contribution in [0.3, 0.4) is 0 Å². The molecule has 0 radical (unpaired) electrons. The SMILES string of the molecule is CC1(C)c2cc(-c3ccc4c(c3)C(C)(C)c3cc(-c5cc(-c6ccccc6)ccc5-c5ccccc5)ccc3-4)ccc2-c2ccc(-c3ccccc3-c3ccccc3)cc21. The summed E-state index contributed by atoms with van der Waals surface area (Å²) in [6.07, 6.45) is 0. The molecule has 2 aliphatic carbocycles. The molecule has 286 valence electrons. The second kappa shape index (κ2) is 13.8. The fraction of sp³-hybridized carbons (Fsp3) is 0.100. The highest BCUT2D eigenvalue weighted by atomic mass is 14.4. The molecule has 2 aliphatic rings. The molecule has 0 spiro atoms. The summed E-state index contributed by atoms with van der Waals surface area (Å²) in [5.41, 5.74) is 25.6. The third-order valence-electron chi connectivity index (χ3n) is 13.5. The zero-order chi connectivity index (χ0) is 40.6. The normalized spacial score (nSPS) is 13.9. The lowest BCUT2D eigenvalue weighted by molar-refractivity contribution is 0.660. The van der Waals surface area contributed by atoms with Crippen molar-refractivity contribution in [3.63, 3.8) is 0 Å². The van der Waals surface area contributed by atoms with Crippen LogP contribution in [0.4, 0.5) is 0 Å². The quantitative estimate of drug-likeness (QED) is 0.158. The lowest BCUT2D eigenvalue weighted by atomic mass is 9.79. The van der Waals surface area contributed by atoms with E-state index in [1.165, 1.54) is 111 Å². The Hall–Kier alpha value is -7.02. The summed E-state index contributed by atoms with van der Waals surface area (Å²) in [5.74, 6) is 0. The number of hydrogen-bond acceptors (Lipinski definition) is 0. The summed E-state index contributed by atoms with van der Waals surface area (Å²) >= 11 is 0. The van der Waals surface area contributed by atoms with E-state index in [4.69, 9.17) is 0 Å². The summed E-state index contributed by atoms with van der Waals surface area (Å²) in [7, 11) is 0. The van der Waals surface area contributed by atoms with Crippen molar-refractivity contribution >= 4 is 0 Å². The molecule has 0 aliphatic heterocycles. The Morgan fingerprint density at radius 1 is 0.200 bits per heavy atom. The second-order valence-corrected chi connectivity index (χ2v) is 17.7. The molecule has 0 heteroatoms. The van der Waals surface area contributed by atoms with Gasteiger partial charge in [-0.2, -0.15) is 0 Å². The van der Waals surface area contributed by atoms with Crippen LogP contribution in [0, 0.1) is 0 Å². The van der Waals surface area contributed by atoms with Crippen LogP contribution in [0.15, 0.2) is 206 Å². The van der Waals surface area contributed by atoms with Crippen molar-refractivity contribution < 1.29 is 0 Å². The average Bonchev–Trinajstić information content (AvgIpc) is 3.67. The van der Waals surface area contributed by atoms with Gasteiger partial charge in [0.25, 0.3) is 0 Å². The molecule has 9 aromatic rings. The van der Waals surface area contributed by atoms with Gasteiger partial charge < -0.3 is 0 Å². The van der Waals surface area contributed by atoms with E-state index in [1.807, 2.05) is 0 Å². The van der Waals surface area contributed by atoms with Gasteiger partial charge in [-0.05, 0) is 142 Å². The van der Waals surface area contributed by atoms with Crippen molar-refractivity contribution in [3.8, 4) is 89.0 Å². The highest BCUT2D eigenvalue weighted by Gasteiger charge is 2.38. The summed E-state index contributed by atoms with van der Waals surface area (Å²) in [5, 5.41) is 0. The van der Waals surface area contributed by atoms with Gasteiger partial charge in [0.2, 0.25) is 0 Å². The Balaban J connectivity index is 0.947. The van der Waals surface area contributed by atoms with Gasteiger partial charge >= 0.3 is 0 Å². The van der Waals surface area contributed by atoms with Gasteiger partial charge in [-0.1, -0.05) is 204 Å². The van der Waals surface area contributed by atoms with Gasteiger partial charge in [-0.3, -0.25) is 0 Å². The van der Waals surface area contributed by atoms with E-state index >= 15 is 0 Å². The maximum absolute atomic E-state index is 2.47. The highest BCUT2D eigenvalue weighted by molar-refractivity contribution is 5.92. The predicted octanol–water partition coefficient (Wildman–Crippen LogP) is 16.3. The van der Waals surface area contributed by atoms with E-state index in [0.29, 0.717) is 0 Å². The number of benzene rings is 9. The van der Waals surface area contributed by atoms with Gasteiger partial charge in [0, 0.05) is 10.8 Å². The second-order valence-electron chi connectivity index (χ2n) is 17.7. The largest absolute Gasteiger partial charge is 0.0622 e. The minimum Gasteiger partial charge on any atom is -0.0622 e. The average molecular weight is 767 g/mol. The zero-order valence-electron chi connectivity index (χ0n) is 34.6. The van der Waals surface area contributed by atoms with Gasteiger partial charge in [-0.25, -0.2) is 0 Å². The number of fused-ring (bicyclic) bond motifs is 6. The third-order valence-corrected chi connectivity index (χ3v) is 13.5. The fourth-order valence-electron chi connectivity index (χ4n) is 10.2. The maximum Gasteiger partial charge on any atom is 0.0159 e. The van der Waals surface area contributed by atoms with Crippen LogP contribution in [0.1, 0.15) is 49.9 Å². The number of rotatable bonds is 6. The molecular weight excluding hydrogens is 721 g/mol. The molecule has 60 heavy (non-hydrogen) atoms. The van der Waals surface area contributed by atoms with Crippen LogP contribution in [-0.2, 0) is 10.8 Å². The summed E-state index contributed by atoms with van der Waals surface area (Å²) < 4.78 is 0. The smallest absolute Gasteiger partial charge is 0.0159 e. The first-order valence-electron chi connectivity index (χ1n) is 21.2. The maximum atomic E-state index is 2.47.